The van der Waals surface area contributed by atoms with Gasteiger partial charge in [-0.1, -0.05) is 43.7 Å². The highest BCUT2D eigenvalue weighted by Gasteiger charge is 1.90. The summed E-state index contributed by atoms with van der Waals surface area (Å²) in [7, 11) is 4.20. The third-order valence-corrected chi connectivity index (χ3v) is 1.92. The van der Waals surface area contributed by atoms with Crippen LogP contribution in [0.25, 0.3) is 0 Å². The average Bonchev–Trinajstić information content (AvgIpc) is 2.36. The molecule has 0 radical (unpaired) electrons. The Bertz CT molecular complexity index is 184. The zero-order valence-electron chi connectivity index (χ0n) is 13.1. The second kappa shape index (κ2) is 20.6. The van der Waals surface area contributed by atoms with Gasteiger partial charge in [-0.15, -0.1) is 6.58 Å². The van der Waals surface area contributed by atoms with Crippen molar-refractivity contribution < 1.29 is 0 Å². The van der Waals surface area contributed by atoms with Gasteiger partial charge >= 0.3 is 0 Å². The summed E-state index contributed by atoms with van der Waals surface area (Å²) in [5, 5.41) is 0. The minimum absolute atomic E-state index is 0.999. The topological polar surface area (TPSA) is 3.24 Å². The molecule has 0 atom stereocenters. The fourth-order valence-corrected chi connectivity index (χ4v) is 0.787. The van der Waals surface area contributed by atoms with Crippen LogP contribution in [0.5, 0.6) is 0 Å². The summed E-state index contributed by atoms with van der Waals surface area (Å²) >= 11 is 0. The molecule has 0 bridgehead atoms. The van der Waals surface area contributed by atoms with E-state index in [0.29, 0.717) is 0 Å². The Morgan fingerprint density at radius 1 is 1.12 bits per heavy atom. The lowest BCUT2D eigenvalue weighted by molar-refractivity contribution is 0.413. The largest absolute Gasteiger partial charge is 0.309 e. The zero-order valence-corrected chi connectivity index (χ0v) is 13.1. The normalized spacial score (nSPS) is 10.5. The van der Waals surface area contributed by atoms with Crippen LogP contribution in [0, 0.1) is 0 Å². The third kappa shape index (κ3) is 31.3. The molecule has 0 unspecified atom stereocenters. The van der Waals surface area contributed by atoms with Gasteiger partial charge in [0.05, 0.1) is 0 Å². The molecular formula is C16H33N. The molecule has 0 aromatic rings. The van der Waals surface area contributed by atoms with Gasteiger partial charge in [-0.25, -0.2) is 0 Å². The van der Waals surface area contributed by atoms with Crippen molar-refractivity contribution in [1.29, 1.82) is 0 Å². The molecular weight excluding hydrogens is 206 g/mol. The number of allylic oxidation sites excluding steroid dienone is 4. The summed E-state index contributed by atoms with van der Waals surface area (Å²) in [6.07, 6.45) is 10.3. The summed E-state index contributed by atoms with van der Waals surface area (Å²) in [4.78, 5) is 2.20. The van der Waals surface area contributed by atoms with E-state index < -0.39 is 0 Å². The molecule has 0 aliphatic heterocycles. The molecule has 0 rings (SSSR count). The van der Waals surface area contributed by atoms with E-state index >= 15 is 0 Å². The molecule has 0 saturated heterocycles. The molecule has 17 heavy (non-hydrogen) atoms. The Morgan fingerprint density at radius 3 is 1.88 bits per heavy atom. The second-order valence-corrected chi connectivity index (χ2v) is 3.79. The van der Waals surface area contributed by atoms with Crippen molar-refractivity contribution in [2.75, 3.05) is 20.6 Å². The molecule has 0 aromatic carbocycles. The molecule has 0 N–H and O–H groups in total. The van der Waals surface area contributed by atoms with E-state index in [1.165, 1.54) is 12.0 Å². The number of nitrogens with zero attached hydrogens (tertiary/aromatic N) is 1. The third-order valence-electron chi connectivity index (χ3n) is 1.92. The maximum absolute atomic E-state index is 3.67. The first-order chi connectivity index (χ1) is 8.08. The predicted molar refractivity (Wildman–Crippen MR) is 83.6 cm³/mol. The maximum atomic E-state index is 3.67. The molecule has 0 spiro atoms. The van der Waals surface area contributed by atoms with Crippen molar-refractivity contribution in [3.8, 4) is 0 Å². The minimum atomic E-state index is 0.999. The van der Waals surface area contributed by atoms with Crippen LogP contribution in [-0.4, -0.2) is 25.5 Å². The Labute approximate surface area is 110 Å². The van der Waals surface area contributed by atoms with Crippen LogP contribution >= 0.6 is 0 Å². The molecule has 1 nitrogen and oxygen atoms in total. The van der Waals surface area contributed by atoms with Crippen LogP contribution in [0.4, 0.5) is 0 Å². The molecule has 0 fully saturated rings. The van der Waals surface area contributed by atoms with Crippen molar-refractivity contribution in [3.05, 3.63) is 36.5 Å². The summed E-state index contributed by atoms with van der Waals surface area (Å²) in [6, 6.07) is 0. The van der Waals surface area contributed by atoms with Crippen molar-refractivity contribution >= 4 is 0 Å². The molecule has 0 aromatic heterocycles. The zero-order chi connectivity index (χ0) is 14.1. The van der Waals surface area contributed by atoms with Crippen LogP contribution < -0.4 is 0 Å². The first-order valence-electron chi connectivity index (χ1n) is 6.57. The van der Waals surface area contributed by atoms with Crippen molar-refractivity contribution in [2.24, 2.45) is 0 Å². The lowest BCUT2D eigenvalue weighted by atomic mass is 10.2. The second-order valence-electron chi connectivity index (χ2n) is 3.79. The first-order valence-corrected chi connectivity index (χ1v) is 6.57. The van der Waals surface area contributed by atoms with Gasteiger partial charge < -0.3 is 4.90 Å². The summed E-state index contributed by atoms with van der Waals surface area (Å²) in [5.41, 5.74) is 1.46. The molecule has 0 aliphatic rings. The molecule has 0 heterocycles. The van der Waals surface area contributed by atoms with Crippen molar-refractivity contribution in [1.82, 2.24) is 4.90 Å². The van der Waals surface area contributed by atoms with Crippen LogP contribution in [0.1, 0.15) is 47.5 Å². The van der Waals surface area contributed by atoms with Crippen molar-refractivity contribution in [2.45, 2.75) is 47.5 Å². The summed E-state index contributed by atoms with van der Waals surface area (Å²) < 4.78 is 0. The van der Waals surface area contributed by atoms with Gasteiger partial charge in [-0.2, -0.15) is 0 Å². The summed E-state index contributed by atoms with van der Waals surface area (Å²) in [6.45, 7) is 15.0. The van der Waals surface area contributed by atoms with Gasteiger partial charge in [0.25, 0.3) is 0 Å². The maximum Gasteiger partial charge on any atom is 0.00124 e. The SMILES string of the molecule is C/C=C\C.C=CC/C=C(/C)CCN(C)C.CC. The average molecular weight is 239 g/mol. The van der Waals surface area contributed by atoms with Gasteiger partial charge in [-0.3, -0.25) is 0 Å². The Kier molecular flexibility index (Phi) is 26.0. The molecule has 0 saturated carbocycles. The molecule has 0 aliphatic carbocycles. The molecule has 102 valence electrons. The smallest absolute Gasteiger partial charge is 0.00124 e. The Morgan fingerprint density at radius 2 is 1.59 bits per heavy atom. The van der Waals surface area contributed by atoms with Crippen LogP contribution in [0.2, 0.25) is 0 Å². The highest BCUT2D eigenvalue weighted by molar-refractivity contribution is 5.00. The predicted octanol–water partition coefficient (Wildman–Crippen LogP) is 5.07. The molecule has 1 heteroatoms. The van der Waals surface area contributed by atoms with E-state index in [0.717, 1.165) is 13.0 Å². The highest BCUT2D eigenvalue weighted by Crippen LogP contribution is 2.01. The lowest BCUT2D eigenvalue weighted by Gasteiger charge is -2.08. The van der Waals surface area contributed by atoms with Gasteiger partial charge in [0.15, 0.2) is 0 Å². The number of hydrogen-bond donors (Lipinski definition) is 0. The van der Waals surface area contributed by atoms with E-state index in [1.807, 2.05) is 45.9 Å². The van der Waals surface area contributed by atoms with Crippen LogP contribution in [0.15, 0.2) is 36.5 Å². The number of rotatable bonds is 5. The highest BCUT2D eigenvalue weighted by atomic mass is 15.0. The summed E-state index contributed by atoms with van der Waals surface area (Å²) in [5.74, 6) is 0. The fraction of sp³-hybridized carbons (Fsp3) is 0.625. The standard InChI is InChI=1S/C10H19N.C4H8.C2H6/c1-5-6-7-10(2)8-9-11(3)4;1-3-4-2;1-2/h5,7H,1,6,8-9H2,2-4H3;3-4H,1-2H3;1-2H3/b10-7-;4-3-;. The monoisotopic (exact) mass is 239 g/mol. The Balaban J connectivity index is -0.000000275. The van der Waals surface area contributed by atoms with E-state index in [1.54, 1.807) is 0 Å². The van der Waals surface area contributed by atoms with E-state index in [2.05, 4.69) is 38.6 Å². The van der Waals surface area contributed by atoms with Gasteiger partial charge in [0.2, 0.25) is 0 Å². The van der Waals surface area contributed by atoms with E-state index in [-0.39, 0.29) is 0 Å². The minimum Gasteiger partial charge on any atom is -0.309 e. The fourth-order valence-electron chi connectivity index (χ4n) is 0.787. The first kappa shape index (κ1) is 21.5. The van der Waals surface area contributed by atoms with Gasteiger partial charge in [0, 0.05) is 6.54 Å². The van der Waals surface area contributed by atoms with E-state index in [4.69, 9.17) is 0 Å². The van der Waals surface area contributed by atoms with Gasteiger partial charge in [0.1, 0.15) is 0 Å². The van der Waals surface area contributed by atoms with E-state index in [9.17, 15) is 0 Å². The molecule has 0 amide bonds. The van der Waals surface area contributed by atoms with Crippen molar-refractivity contribution in [3.63, 3.8) is 0 Å². The number of hydrogen-bond acceptors (Lipinski definition) is 1. The Hall–Kier alpha value is -0.820. The van der Waals surface area contributed by atoms with Crippen LogP contribution in [-0.2, 0) is 0 Å². The van der Waals surface area contributed by atoms with Crippen LogP contribution in [0.3, 0.4) is 0 Å². The van der Waals surface area contributed by atoms with Gasteiger partial charge in [-0.05, 0) is 47.7 Å². The lowest BCUT2D eigenvalue weighted by Crippen LogP contribution is -2.12. The quantitative estimate of drug-likeness (QED) is 0.605.